The Morgan fingerprint density at radius 2 is 1.90 bits per heavy atom. The van der Waals surface area contributed by atoms with E-state index in [4.69, 9.17) is 0 Å². The molecule has 1 fully saturated rings. The SMILES string of the molecule is C[C@@H](OCC(F)(F)F)C(=O)NCC1(N(C)C)CCCC1. The van der Waals surface area contributed by atoms with E-state index in [1.807, 2.05) is 14.1 Å². The summed E-state index contributed by atoms with van der Waals surface area (Å²) in [6, 6.07) is 0. The van der Waals surface area contributed by atoms with Crippen LogP contribution in [-0.4, -0.2) is 55.9 Å². The van der Waals surface area contributed by atoms with Gasteiger partial charge in [-0.2, -0.15) is 13.2 Å². The van der Waals surface area contributed by atoms with Crippen molar-refractivity contribution in [2.45, 2.75) is 50.4 Å². The second-order valence-corrected chi connectivity index (χ2v) is 5.61. The van der Waals surface area contributed by atoms with Crippen molar-refractivity contribution in [2.24, 2.45) is 0 Å². The van der Waals surface area contributed by atoms with Gasteiger partial charge >= 0.3 is 6.18 Å². The third-order valence-corrected chi connectivity index (χ3v) is 3.94. The minimum atomic E-state index is -4.41. The molecule has 0 radical (unpaired) electrons. The molecule has 118 valence electrons. The number of ether oxygens (including phenoxy) is 1. The minimum Gasteiger partial charge on any atom is -0.359 e. The smallest absolute Gasteiger partial charge is 0.359 e. The first-order valence-corrected chi connectivity index (χ1v) is 6.80. The molecule has 0 aromatic heterocycles. The summed E-state index contributed by atoms with van der Waals surface area (Å²) in [6.07, 6.45) is -1.33. The van der Waals surface area contributed by atoms with Crippen LogP contribution in [0.15, 0.2) is 0 Å². The summed E-state index contributed by atoms with van der Waals surface area (Å²) in [6.45, 7) is 0.372. The fourth-order valence-corrected chi connectivity index (χ4v) is 2.51. The summed E-state index contributed by atoms with van der Waals surface area (Å²) in [5.74, 6) is -0.498. The number of nitrogens with one attached hydrogen (secondary N) is 1. The van der Waals surface area contributed by atoms with Gasteiger partial charge in [-0.15, -0.1) is 0 Å². The Morgan fingerprint density at radius 1 is 1.35 bits per heavy atom. The number of carbonyl (C=O) groups is 1. The lowest BCUT2D eigenvalue weighted by Crippen LogP contribution is -2.52. The summed E-state index contributed by atoms with van der Waals surface area (Å²) < 4.78 is 40.6. The van der Waals surface area contributed by atoms with Gasteiger partial charge in [0.15, 0.2) is 0 Å². The highest BCUT2D eigenvalue weighted by Gasteiger charge is 2.36. The van der Waals surface area contributed by atoms with Gasteiger partial charge in [-0.1, -0.05) is 12.8 Å². The van der Waals surface area contributed by atoms with E-state index in [2.05, 4.69) is 15.0 Å². The van der Waals surface area contributed by atoms with E-state index in [1.54, 1.807) is 0 Å². The average Bonchev–Trinajstić information content (AvgIpc) is 2.82. The van der Waals surface area contributed by atoms with E-state index in [9.17, 15) is 18.0 Å². The summed E-state index contributed by atoms with van der Waals surface area (Å²) in [7, 11) is 3.92. The number of amides is 1. The van der Waals surface area contributed by atoms with Crippen molar-refractivity contribution < 1.29 is 22.7 Å². The van der Waals surface area contributed by atoms with Crippen LogP contribution in [-0.2, 0) is 9.53 Å². The van der Waals surface area contributed by atoms with Crippen molar-refractivity contribution in [3.05, 3.63) is 0 Å². The number of rotatable bonds is 6. The summed E-state index contributed by atoms with van der Waals surface area (Å²) >= 11 is 0. The van der Waals surface area contributed by atoms with Gasteiger partial charge in [0.05, 0.1) is 0 Å². The first kappa shape index (κ1) is 17.2. The van der Waals surface area contributed by atoms with Crippen molar-refractivity contribution in [1.29, 1.82) is 0 Å². The Hall–Kier alpha value is -0.820. The second kappa shape index (κ2) is 6.76. The molecule has 20 heavy (non-hydrogen) atoms. The van der Waals surface area contributed by atoms with E-state index in [1.165, 1.54) is 6.92 Å². The van der Waals surface area contributed by atoms with Gasteiger partial charge in [0.1, 0.15) is 12.7 Å². The molecule has 1 atom stereocenters. The molecule has 0 bridgehead atoms. The second-order valence-electron chi connectivity index (χ2n) is 5.61. The molecule has 1 amide bonds. The topological polar surface area (TPSA) is 41.6 Å². The zero-order valence-electron chi connectivity index (χ0n) is 12.2. The van der Waals surface area contributed by atoms with Gasteiger partial charge in [-0.05, 0) is 33.9 Å². The van der Waals surface area contributed by atoms with Crippen molar-refractivity contribution in [3.8, 4) is 0 Å². The van der Waals surface area contributed by atoms with Crippen LogP contribution < -0.4 is 5.32 Å². The maximum atomic E-state index is 12.0. The normalized spacial score (nSPS) is 20.1. The Labute approximate surface area is 117 Å². The fraction of sp³-hybridized carbons (Fsp3) is 0.923. The molecular weight excluding hydrogens is 273 g/mol. The zero-order chi connectivity index (χ0) is 15.4. The highest BCUT2D eigenvalue weighted by Crippen LogP contribution is 2.33. The summed E-state index contributed by atoms with van der Waals surface area (Å²) in [5, 5.41) is 2.71. The van der Waals surface area contributed by atoms with Crippen molar-refractivity contribution in [1.82, 2.24) is 10.2 Å². The lowest BCUT2D eigenvalue weighted by molar-refractivity contribution is -0.185. The molecule has 1 aliphatic rings. The van der Waals surface area contributed by atoms with Crippen LogP contribution in [0.3, 0.4) is 0 Å². The predicted molar refractivity (Wildman–Crippen MR) is 69.4 cm³/mol. The van der Waals surface area contributed by atoms with Crippen molar-refractivity contribution >= 4 is 5.91 Å². The molecular formula is C13H23F3N2O2. The van der Waals surface area contributed by atoms with E-state index in [0.29, 0.717) is 6.54 Å². The lowest BCUT2D eigenvalue weighted by Gasteiger charge is -2.36. The third kappa shape index (κ3) is 4.94. The first-order chi connectivity index (χ1) is 9.16. The van der Waals surface area contributed by atoms with Gasteiger partial charge in [0.25, 0.3) is 0 Å². The molecule has 0 heterocycles. The Morgan fingerprint density at radius 3 is 2.35 bits per heavy atom. The highest BCUT2D eigenvalue weighted by atomic mass is 19.4. The number of carbonyl (C=O) groups excluding carboxylic acids is 1. The van der Waals surface area contributed by atoms with Gasteiger partial charge < -0.3 is 15.0 Å². The van der Waals surface area contributed by atoms with Crippen LogP contribution in [0.5, 0.6) is 0 Å². The number of nitrogens with zero attached hydrogens (tertiary/aromatic N) is 1. The van der Waals surface area contributed by atoms with E-state index < -0.39 is 24.8 Å². The van der Waals surface area contributed by atoms with Gasteiger partial charge in [-0.3, -0.25) is 4.79 Å². The molecule has 1 saturated carbocycles. The molecule has 0 aromatic rings. The number of alkyl halides is 3. The number of hydrogen-bond acceptors (Lipinski definition) is 3. The quantitative estimate of drug-likeness (QED) is 0.814. The minimum absolute atomic E-state index is 0.0839. The van der Waals surface area contributed by atoms with Gasteiger partial charge in [0, 0.05) is 12.1 Å². The monoisotopic (exact) mass is 296 g/mol. The molecule has 0 aromatic carbocycles. The molecule has 1 aliphatic carbocycles. The van der Waals surface area contributed by atoms with Crippen LogP contribution in [0.25, 0.3) is 0 Å². The van der Waals surface area contributed by atoms with Crippen LogP contribution in [0.1, 0.15) is 32.6 Å². The number of hydrogen-bond donors (Lipinski definition) is 1. The maximum Gasteiger partial charge on any atom is 0.411 e. The molecule has 0 aliphatic heterocycles. The number of halogens is 3. The van der Waals surface area contributed by atoms with Crippen LogP contribution in [0.2, 0.25) is 0 Å². The predicted octanol–water partition coefficient (Wildman–Crippen LogP) is 1.94. The molecule has 0 unspecified atom stereocenters. The summed E-state index contributed by atoms with van der Waals surface area (Å²) in [5.41, 5.74) is -0.0839. The zero-order valence-corrected chi connectivity index (χ0v) is 12.2. The van der Waals surface area contributed by atoms with Gasteiger partial charge in [-0.25, -0.2) is 0 Å². The Kier molecular flexibility index (Phi) is 5.82. The van der Waals surface area contributed by atoms with Crippen LogP contribution in [0, 0.1) is 0 Å². The number of likely N-dealkylation sites (N-methyl/N-ethyl adjacent to an activating group) is 1. The Balaban J connectivity index is 2.42. The van der Waals surface area contributed by atoms with E-state index in [-0.39, 0.29) is 5.54 Å². The molecule has 1 rings (SSSR count). The fourth-order valence-electron chi connectivity index (χ4n) is 2.51. The largest absolute Gasteiger partial charge is 0.411 e. The average molecular weight is 296 g/mol. The molecule has 4 nitrogen and oxygen atoms in total. The Bertz CT molecular complexity index is 326. The maximum absolute atomic E-state index is 12.0. The van der Waals surface area contributed by atoms with Crippen LogP contribution in [0.4, 0.5) is 13.2 Å². The van der Waals surface area contributed by atoms with Crippen molar-refractivity contribution in [2.75, 3.05) is 27.2 Å². The summed E-state index contributed by atoms with van der Waals surface area (Å²) in [4.78, 5) is 13.8. The third-order valence-electron chi connectivity index (χ3n) is 3.94. The van der Waals surface area contributed by atoms with E-state index >= 15 is 0 Å². The molecule has 7 heteroatoms. The van der Waals surface area contributed by atoms with Gasteiger partial charge in [0.2, 0.25) is 5.91 Å². The highest BCUT2D eigenvalue weighted by molar-refractivity contribution is 5.80. The molecule has 1 N–H and O–H groups in total. The van der Waals surface area contributed by atoms with E-state index in [0.717, 1.165) is 25.7 Å². The molecule has 0 spiro atoms. The van der Waals surface area contributed by atoms with Crippen molar-refractivity contribution in [3.63, 3.8) is 0 Å². The standard InChI is InChI=1S/C13H23F3N2O2/c1-10(20-9-13(14,15)16)11(19)17-8-12(18(2)3)6-4-5-7-12/h10H,4-9H2,1-3H3,(H,17,19)/t10-/m1/s1. The molecule has 0 saturated heterocycles. The van der Waals surface area contributed by atoms with Crippen LogP contribution >= 0.6 is 0 Å². The first-order valence-electron chi connectivity index (χ1n) is 6.80. The lowest BCUT2D eigenvalue weighted by atomic mass is 9.96.